The van der Waals surface area contributed by atoms with Crippen LogP contribution in [0.3, 0.4) is 0 Å². The fourth-order valence-corrected chi connectivity index (χ4v) is 2.82. The van der Waals surface area contributed by atoms with Crippen molar-refractivity contribution in [1.29, 1.82) is 0 Å². The molecule has 0 spiro atoms. The minimum atomic E-state index is -0.877. The predicted molar refractivity (Wildman–Crippen MR) is 89.2 cm³/mol. The van der Waals surface area contributed by atoms with Crippen LogP contribution in [0.4, 0.5) is 11.6 Å². The first-order chi connectivity index (χ1) is 11.7. The lowest BCUT2D eigenvalue weighted by Crippen LogP contribution is -2.47. The van der Waals surface area contributed by atoms with E-state index < -0.39 is 5.97 Å². The van der Waals surface area contributed by atoms with Crippen molar-refractivity contribution >= 4 is 17.6 Å². The molecule has 0 saturated carbocycles. The molecule has 8 heteroatoms. The Labute approximate surface area is 140 Å². The SMILES string of the molecule is CCc1cc(N2CCN(c3ncncc3CC(=O)O)CC2)ncn1. The summed E-state index contributed by atoms with van der Waals surface area (Å²) in [6.45, 7) is 5.20. The van der Waals surface area contributed by atoms with Gasteiger partial charge in [-0.25, -0.2) is 19.9 Å². The van der Waals surface area contributed by atoms with E-state index in [1.807, 2.05) is 6.07 Å². The number of hydrogen-bond donors (Lipinski definition) is 1. The van der Waals surface area contributed by atoms with E-state index in [0.29, 0.717) is 11.4 Å². The maximum atomic E-state index is 11.0. The van der Waals surface area contributed by atoms with Gasteiger partial charge in [-0.3, -0.25) is 4.79 Å². The number of carboxylic acids is 1. The second-order valence-corrected chi connectivity index (χ2v) is 5.64. The second-order valence-electron chi connectivity index (χ2n) is 5.64. The molecule has 0 amide bonds. The molecular formula is C16H20N6O2. The molecule has 0 bridgehead atoms. The summed E-state index contributed by atoms with van der Waals surface area (Å²) in [6, 6.07) is 2.02. The maximum absolute atomic E-state index is 11.0. The zero-order valence-electron chi connectivity index (χ0n) is 13.6. The van der Waals surface area contributed by atoms with Gasteiger partial charge in [0.25, 0.3) is 0 Å². The van der Waals surface area contributed by atoms with Gasteiger partial charge in [-0.15, -0.1) is 0 Å². The molecule has 3 heterocycles. The van der Waals surface area contributed by atoms with E-state index in [1.165, 1.54) is 6.33 Å². The summed E-state index contributed by atoms with van der Waals surface area (Å²) in [7, 11) is 0. The molecule has 3 rings (SSSR count). The van der Waals surface area contributed by atoms with Gasteiger partial charge < -0.3 is 14.9 Å². The predicted octanol–water partition coefficient (Wildman–Crippen LogP) is 0.783. The highest BCUT2D eigenvalue weighted by molar-refractivity contribution is 5.72. The first kappa shape index (κ1) is 16.1. The molecule has 1 N–H and O–H groups in total. The molecule has 0 unspecified atom stereocenters. The smallest absolute Gasteiger partial charge is 0.308 e. The van der Waals surface area contributed by atoms with Crippen LogP contribution in [0.1, 0.15) is 18.2 Å². The molecule has 24 heavy (non-hydrogen) atoms. The third kappa shape index (κ3) is 3.58. The minimum Gasteiger partial charge on any atom is -0.481 e. The Morgan fingerprint density at radius 3 is 2.58 bits per heavy atom. The fourth-order valence-electron chi connectivity index (χ4n) is 2.82. The summed E-state index contributed by atoms with van der Waals surface area (Å²) in [4.78, 5) is 32.2. The van der Waals surface area contributed by atoms with Crippen molar-refractivity contribution in [2.75, 3.05) is 36.0 Å². The van der Waals surface area contributed by atoms with E-state index in [1.54, 1.807) is 12.5 Å². The number of piperazine rings is 1. The van der Waals surface area contributed by atoms with Crippen LogP contribution in [-0.2, 0) is 17.6 Å². The van der Waals surface area contributed by atoms with E-state index in [2.05, 4.69) is 36.7 Å². The fraction of sp³-hybridized carbons (Fsp3) is 0.438. The average molecular weight is 328 g/mol. The minimum absolute atomic E-state index is 0.0673. The van der Waals surface area contributed by atoms with Crippen LogP contribution in [0.5, 0.6) is 0 Å². The highest BCUT2D eigenvalue weighted by atomic mass is 16.4. The lowest BCUT2D eigenvalue weighted by atomic mass is 10.2. The van der Waals surface area contributed by atoms with Crippen molar-refractivity contribution in [2.45, 2.75) is 19.8 Å². The number of anilines is 2. The molecule has 1 aliphatic heterocycles. The molecule has 0 radical (unpaired) electrons. The zero-order valence-corrected chi connectivity index (χ0v) is 13.6. The van der Waals surface area contributed by atoms with Gasteiger partial charge >= 0.3 is 5.97 Å². The zero-order chi connectivity index (χ0) is 16.9. The molecule has 0 aromatic carbocycles. The maximum Gasteiger partial charge on any atom is 0.308 e. The van der Waals surface area contributed by atoms with Crippen molar-refractivity contribution in [3.63, 3.8) is 0 Å². The summed E-state index contributed by atoms with van der Waals surface area (Å²) >= 11 is 0. The van der Waals surface area contributed by atoms with E-state index in [4.69, 9.17) is 5.11 Å². The Balaban J connectivity index is 1.70. The molecule has 0 atom stereocenters. The van der Waals surface area contributed by atoms with Crippen LogP contribution in [0.25, 0.3) is 0 Å². The van der Waals surface area contributed by atoms with Gasteiger partial charge in [-0.05, 0) is 6.42 Å². The Kier molecular flexibility index (Phi) is 4.83. The number of aromatic nitrogens is 4. The molecule has 126 valence electrons. The average Bonchev–Trinajstić information content (AvgIpc) is 2.62. The van der Waals surface area contributed by atoms with Crippen molar-refractivity contribution < 1.29 is 9.90 Å². The number of aliphatic carboxylic acids is 1. The topological polar surface area (TPSA) is 95.3 Å². The summed E-state index contributed by atoms with van der Waals surface area (Å²) in [5.41, 5.74) is 1.68. The molecule has 0 aliphatic carbocycles. The van der Waals surface area contributed by atoms with Gasteiger partial charge in [-0.2, -0.15) is 0 Å². The summed E-state index contributed by atoms with van der Waals surface area (Å²) in [5, 5.41) is 9.03. The highest BCUT2D eigenvalue weighted by Gasteiger charge is 2.22. The molecule has 2 aromatic rings. The van der Waals surface area contributed by atoms with E-state index in [0.717, 1.165) is 44.1 Å². The second kappa shape index (κ2) is 7.20. The van der Waals surface area contributed by atoms with Gasteiger partial charge in [0, 0.05) is 49.7 Å². The van der Waals surface area contributed by atoms with Crippen LogP contribution in [0.2, 0.25) is 0 Å². The van der Waals surface area contributed by atoms with Crippen molar-refractivity contribution in [2.24, 2.45) is 0 Å². The van der Waals surface area contributed by atoms with Crippen LogP contribution < -0.4 is 9.80 Å². The van der Waals surface area contributed by atoms with Gasteiger partial charge in [0.05, 0.1) is 6.42 Å². The number of hydrogen-bond acceptors (Lipinski definition) is 7. The number of rotatable bonds is 5. The van der Waals surface area contributed by atoms with E-state index in [9.17, 15) is 4.79 Å². The first-order valence-electron chi connectivity index (χ1n) is 7.99. The van der Waals surface area contributed by atoms with Crippen LogP contribution >= 0.6 is 0 Å². The normalized spacial score (nSPS) is 14.7. The highest BCUT2D eigenvalue weighted by Crippen LogP contribution is 2.21. The first-order valence-corrected chi connectivity index (χ1v) is 7.99. The van der Waals surface area contributed by atoms with Crippen molar-refractivity contribution in [3.05, 3.63) is 36.2 Å². The number of nitrogens with zero attached hydrogens (tertiary/aromatic N) is 6. The monoisotopic (exact) mass is 328 g/mol. The standard InChI is InChI=1S/C16H20N6O2/c1-2-13-8-14(19-11-18-13)21-3-5-22(6-4-21)16-12(7-15(23)24)9-17-10-20-16/h8-11H,2-7H2,1H3,(H,23,24). The van der Waals surface area contributed by atoms with Crippen molar-refractivity contribution in [1.82, 2.24) is 19.9 Å². The summed E-state index contributed by atoms with van der Waals surface area (Å²) < 4.78 is 0. The Morgan fingerprint density at radius 1 is 1.12 bits per heavy atom. The Morgan fingerprint density at radius 2 is 1.88 bits per heavy atom. The lowest BCUT2D eigenvalue weighted by molar-refractivity contribution is -0.136. The molecule has 1 aliphatic rings. The largest absolute Gasteiger partial charge is 0.481 e. The molecule has 1 saturated heterocycles. The van der Waals surface area contributed by atoms with Crippen LogP contribution in [0.15, 0.2) is 24.9 Å². The number of carboxylic acid groups (broad SMARTS) is 1. The third-order valence-corrected chi connectivity index (χ3v) is 4.08. The Hall–Kier alpha value is -2.77. The van der Waals surface area contributed by atoms with Crippen LogP contribution in [-0.4, -0.2) is 57.2 Å². The number of carbonyl (C=O) groups is 1. The van der Waals surface area contributed by atoms with Crippen LogP contribution in [0, 0.1) is 0 Å². The number of aryl methyl sites for hydroxylation is 1. The summed E-state index contributed by atoms with van der Waals surface area (Å²) in [6.07, 6.45) is 5.47. The van der Waals surface area contributed by atoms with Gasteiger partial charge in [0.1, 0.15) is 24.3 Å². The van der Waals surface area contributed by atoms with Gasteiger partial charge in [0.2, 0.25) is 0 Å². The summed E-state index contributed by atoms with van der Waals surface area (Å²) in [5.74, 6) is 0.775. The lowest BCUT2D eigenvalue weighted by Gasteiger charge is -2.36. The molecular weight excluding hydrogens is 308 g/mol. The Bertz CT molecular complexity index is 715. The quantitative estimate of drug-likeness (QED) is 0.860. The molecule has 8 nitrogen and oxygen atoms in total. The molecule has 1 fully saturated rings. The van der Waals surface area contributed by atoms with E-state index in [-0.39, 0.29) is 6.42 Å². The molecule has 2 aromatic heterocycles. The van der Waals surface area contributed by atoms with Crippen molar-refractivity contribution in [3.8, 4) is 0 Å². The van der Waals surface area contributed by atoms with Gasteiger partial charge in [-0.1, -0.05) is 6.92 Å². The van der Waals surface area contributed by atoms with E-state index >= 15 is 0 Å². The third-order valence-electron chi connectivity index (χ3n) is 4.08. The van der Waals surface area contributed by atoms with Gasteiger partial charge in [0.15, 0.2) is 0 Å².